The number of amides is 3. The van der Waals surface area contributed by atoms with Gasteiger partial charge in [-0.15, -0.1) is 5.10 Å². The van der Waals surface area contributed by atoms with Gasteiger partial charge >= 0.3 is 6.09 Å². The van der Waals surface area contributed by atoms with Gasteiger partial charge in [0.25, 0.3) is 5.91 Å². The molecule has 2 aliphatic heterocycles. The van der Waals surface area contributed by atoms with Gasteiger partial charge in [0.1, 0.15) is 12.6 Å². The number of nitrogens with zero attached hydrogens (tertiary/aromatic N) is 5. The molecule has 6 aromatic rings. The van der Waals surface area contributed by atoms with E-state index < -0.39 is 24.3 Å². The molecule has 1 unspecified atom stereocenters. The maximum atomic E-state index is 13.3. The van der Waals surface area contributed by atoms with Gasteiger partial charge in [-0.2, -0.15) is 4.68 Å². The number of imide groups is 1. The average molecular weight is 797 g/mol. The zero-order valence-corrected chi connectivity index (χ0v) is 32.1. The minimum Gasteiger partial charge on any atom is -0.445 e. The molecule has 2 fully saturated rings. The highest BCUT2D eigenvalue weighted by atomic mass is 32.2. The predicted octanol–water partition coefficient (Wildman–Crippen LogP) is 6.71. The molecule has 0 aliphatic carbocycles. The maximum absolute atomic E-state index is 13.3. The molecule has 0 saturated carbocycles. The molecule has 5 aromatic carbocycles. The van der Waals surface area contributed by atoms with Crippen LogP contribution in [0.5, 0.6) is 0 Å². The second-order valence-electron chi connectivity index (χ2n) is 14.0. The van der Waals surface area contributed by atoms with Crippen molar-refractivity contribution in [3.05, 3.63) is 161 Å². The van der Waals surface area contributed by atoms with Crippen LogP contribution in [0.2, 0.25) is 0 Å². The molecule has 2 saturated heterocycles. The van der Waals surface area contributed by atoms with E-state index in [2.05, 4.69) is 20.8 Å². The summed E-state index contributed by atoms with van der Waals surface area (Å²) in [6.45, 7) is 0.0614. The highest BCUT2D eigenvalue weighted by Gasteiger charge is 2.40. The molecule has 3 amide bonds. The molecule has 294 valence electrons. The number of rotatable bonds is 13. The first-order valence-corrected chi connectivity index (χ1v) is 19.9. The average Bonchev–Trinajstić information content (AvgIpc) is 3.85. The number of ether oxygens (including phenoxy) is 3. The van der Waals surface area contributed by atoms with Gasteiger partial charge < -0.3 is 24.6 Å². The van der Waals surface area contributed by atoms with Crippen molar-refractivity contribution in [1.29, 1.82) is 0 Å². The zero-order chi connectivity index (χ0) is 39.8. The highest BCUT2D eigenvalue weighted by molar-refractivity contribution is 7.99. The van der Waals surface area contributed by atoms with Crippen molar-refractivity contribution in [3.8, 4) is 16.8 Å². The normalized spacial score (nSPS) is 19.3. The van der Waals surface area contributed by atoms with E-state index in [-0.39, 0.29) is 44.3 Å². The molecule has 13 nitrogen and oxygen atoms in total. The number of likely N-dealkylation sites (tertiary alicyclic amines) is 1. The SMILES string of the molecule is O=C(NC1CC(=O)N(Cc2cccc(-c3cccc([C@@H]4O[C@H](CSc5nnnn5-c5ccccc5)C[C@H](c5ccc(CO)cc5)O4)c3)c2)C1=O)OCc1ccccc1. The second-order valence-corrected chi connectivity index (χ2v) is 15.0. The van der Waals surface area contributed by atoms with E-state index in [1.807, 2.05) is 133 Å². The van der Waals surface area contributed by atoms with E-state index in [4.69, 9.17) is 14.2 Å². The van der Waals surface area contributed by atoms with E-state index >= 15 is 0 Å². The van der Waals surface area contributed by atoms with Crippen LogP contribution in [0.3, 0.4) is 0 Å². The van der Waals surface area contributed by atoms with E-state index in [1.165, 1.54) is 16.7 Å². The Kier molecular flexibility index (Phi) is 12.0. The van der Waals surface area contributed by atoms with Crippen LogP contribution in [0.4, 0.5) is 4.79 Å². The monoisotopic (exact) mass is 796 g/mol. The summed E-state index contributed by atoms with van der Waals surface area (Å²) >= 11 is 1.51. The highest BCUT2D eigenvalue weighted by Crippen LogP contribution is 2.40. The van der Waals surface area contributed by atoms with Crippen molar-refractivity contribution < 1.29 is 33.7 Å². The molecule has 58 heavy (non-hydrogen) atoms. The van der Waals surface area contributed by atoms with Crippen molar-refractivity contribution in [3.63, 3.8) is 0 Å². The van der Waals surface area contributed by atoms with Crippen LogP contribution in [0, 0.1) is 0 Å². The Balaban J connectivity index is 0.958. The van der Waals surface area contributed by atoms with Crippen LogP contribution in [-0.4, -0.2) is 66.0 Å². The number of aliphatic hydroxyl groups excluding tert-OH is 1. The summed E-state index contributed by atoms with van der Waals surface area (Å²) in [5, 5.41) is 25.2. The van der Waals surface area contributed by atoms with Crippen LogP contribution < -0.4 is 5.32 Å². The molecule has 14 heteroatoms. The molecule has 0 spiro atoms. The number of tetrazole rings is 1. The summed E-state index contributed by atoms with van der Waals surface area (Å²) in [5.41, 5.74) is 6.82. The zero-order valence-electron chi connectivity index (χ0n) is 31.3. The molecule has 4 atom stereocenters. The number of hydrogen-bond acceptors (Lipinski definition) is 11. The van der Waals surface area contributed by atoms with E-state index in [0.29, 0.717) is 17.3 Å². The molecular weight excluding hydrogens is 757 g/mol. The topological polar surface area (TPSA) is 158 Å². The van der Waals surface area contributed by atoms with E-state index in [9.17, 15) is 19.5 Å². The molecule has 1 aromatic heterocycles. The van der Waals surface area contributed by atoms with Crippen LogP contribution in [-0.2, 0) is 43.6 Å². The molecule has 2 N–H and O–H groups in total. The summed E-state index contributed by atoms with van der Waals surface area (Å²) in [6.07, 6.45) is -1.51. The lowest BCUT2D eigenvalue weighted by Crippen LogP contribution is -2.41. The summed E-state index contributed by atoms with van der Waals surface area (Å²) < 4.78 is 20.2. The lowest BCUT2D eigenvalue weighted by atomic mass is 9.99. The number of carbonyl (C=O) groups excluding carboxylic acids is 3. The number of thioether (sulfide) groups is 1. The van der Waals surface area contributed by atoms with Crippen molar-refractivity contribution in [1.82, 2.24) is 30.4 Å². The predicted molar refractivity (Wildman–Crippen MR) is 214 cm³/mol. The Bertz CT molecular complexity index is 2360. The van der Waals surface area contributed by atoms with Crippen LogP contribution in [0.1, 0.15) is 53.1 Å². The second kappa shape index (κ2) is 17.9. The third-order valence-electron chi connectivity index (χ3n) is 9.96. The first-order valence-electron chi connectivity index (χ1n) is 18.9. The van der Waals surface area contributed by atoms with Gasteiger partial charge in [0.15, 0.2) is 6.29 Å². The Morgan fingerprint density at radius 3 is 2.31 bits per heavy atom. The first-order chi connectivity index (χ1) is 28.4. The summed E-state index contributed by atoms with van der Waals surface area (Å²) in [4.78, 5) is 39.9. The van der Waals surface area contributed by atoms with Gasteiger partial charge in [-0.25, -0.2) is 4.79 Å². The number of nitrogens with one attached hydrogen (secondary N) is 1. The van der Waals surface area contributed by atoms with Crippen molar-refractivity contribution >= 4 is 29.7 Å². The van der Waals surface area contributed by atoms with Crippen molar-refractivity contribution in [2.24, 2.45) is 0 Å². The first kappa shape index (κ1) is 38.7. The number of hydrogen-bond donors (Lipinski definition) is 2. The third-order valence-corrected chi connectivity index (χ3v) is 11.0. The number of aromatic nitrogens is 4. The Hall–Kier alpha value is -6.19. The number of para-hydroxylation sites is 1. The van der Waals surface area contributed by atoms with E-state index in [0.717, 1.165) is 44.6 Å². The van der Waals surface area contributed by atoms with Gasteiger partial charge in [0.2, 0.25) is 11.1 Å². The Morgan fingerprint density at radius 2 is 1.53 bits per heavy atom. The summed E-state index contributed by atoms with van der Waals surface area (Å²) in [5.74, 6) is -0.285. The lowest BCUT2D eigenvalue weighted by molar-refractivity contribution is -0.245. The summed E-state index contributed by atoms with van der Waals surface area (Å²) in [6, 6.07) is 41.3. The van der Waals surface area contributed by atoms with Gasteiger partial charge in [0.05, 0.1) is 37.5 Å². The standard InChI is InChI=1S/C44H40N6O7S/c51-26-29-17-19-32(20-18-29)39-23-37(28-58-43-46-47-48-50(43)36-15-5-2-6-16-36)56-42(57-39)35-14-8-13-34(22-35)33-12-7-11-31(21-33)25-49-40(52)24-38(41(49)53)45-44(54)55-27-30-9-3-1-4-10-30/h1-22,37-39,42,51H,23-28H2,(H,45,54)/t37-,38?,39+,42+/m0/s1. The lowest BCUT2D eigenvalue weighted by Gasteiger charge is -2.36. The Labute approximate surface area is 338 Å². The molecule has 2 aliphatic rings. The van der Waals surface area contributed by atoms with Crippen LogP contribution >= 0.6 is 11.8 Å². The van der Waals surface area contributed by atoms with Gasteiger partial charge in [-0.3, -0.25) is 14.5 Å². The fourth-order valence-corrected chi connectivity index (χ4v) is 7.86. The van der Waals surface area contributed by atoms with Crippen LogP contribution in [0.25, 0.3) is 16.8 Å². The molecular formula is C44H40N6O7S. The number of alkyl carbamates (subject to hydrolysis) is 1. The maximum Gasteiger partial charge on any atom is 0.408 e. The fraction of sp³-hybridized carbons (Fsp3) is 0.227. The van der Waals surface area contributed by atoms with Crippen molar-refractivity contribution in [2.45, 2.75) is 62.3 Å². The Morgan fingerprint density at radius 1 is 0.810 bits per heavy atom. The summed E-state index contributed by atoms with van der Waals surface area (Å²) in [7, 11) is 0. The molecule has 0 bridgehead atoms. The van der Waals surface area contributed by atoms with Gasteiger partial charge in [0, 0.05) is 17.7 Å². The minimum absolute atomic E-state index is 0.0463. The number of carbonyl (C=O) groups is 3. The van der Waals surface area contributed by atoms with Crippen LogP contribution in [0.15, 0.2) is 139 Å². The number of benzene rings is 5. The largest absolute Gasteiger partial charge is 0.445 e. The van der Waals surface area contributed by atoms with Gasteiger partial charge in [-0.1, -0.05) is 121 Å². The fourth-order valence-electron chi connectivity index (χ4n) is 6.96. The molecule has 8 rings (SSSR count). The smallest absolute Gasteiger partial charge is 0.408 e. The third kappa shape index (κ3) is 9.16. The molecule has 3 heterocycles. The molecule has 0 radical (unpaired) electrons. The van der Waals surface area contributed by atoms with Crippen molar-refractivity contribution in [2.75, 3.05) is 5.75 Å². The minimum atomic E-state index is -0.997. The van der Waals surface area contributed by atoms with E-state index in [1.54, 1.807) is 4.68 Å². The quantitative estimate of drug-likeness (QED) is 0.0945. The number of aliphatic hydroxyl groups is 1. The van der Waals surface area contributed by atoms with Gasteiger partial charge in [-0.05, 0) is 68.1 Å².